The highest BCUT2D eigenvalue weighted by atomic mass is 32.1. The van der Waals surface area contributed by atoms with E-state index in [1.165, 1.54) is 0 Å². The lowest BCUT2D eigenvalue weighted by atomic mass is 9.62. The van der Waals surface area contributed by atoms with Gasteiger partial charge in [-0.3, -0.25) is 4.79 Å². The third-order valence-electron chi connectivity index (χ3n) is 3.86. The molecule has 1 aliphatic rings. The highest BCUT2D eigenvalue weighted by Crippen LogP contribution is 2.45. The van der Waals surface area contributed by atoms with Crippen LogP contribution in [0.2, 0.25) is 0 Å². The van der Waals surface area contributed by atoms with Crippen LogP contribution in [0.25, 0.3) is 0 Å². The van der Waals surface area contributed by atoms with E-state index in [0.717, 1.165) is 18.7 Å². The van der Waals surface area contributed by atoms with E-state index in [1.54, 1.807) is 6.20 Å². The van der Waals surface area contributed by atoms with Crippen molar-refractivity contribution in [1.29, 1.82) is 0 Å². The standard InChI is InChI=1S/C13H20N4OS/c1-9-7-13(8-9,11(14)19)12(18)16-4-3-10-15-5-6-17(10)2/h5-6,9H,3-4,7-8H2,1-2H3,(H2,14,19)(H,16,18). The molecule has 0 bridgehead atoms. The van der Waals surface area contributed by atoms with Crippen LogP contribution in [0.5, 0.6) is 0 Å². The second kappa shape index (κ2) is 5.28. The maximum absolute atomic E-state index is 12.2. The molecular formula is C13H20N4OS. The van der Waals surface area contributed by atoms with E-state index in [9.17, 15) is 4.79 Å². The quantitative estimate of drug-likeness (QED) is 0.782. The third kappa shape index (κ3) is 2.63. The highest BCUT2D eigenvalue weighted by molar-refractivity contribution is 7.80. The number of thiocarbonyl (C=S) groups is 1. The number of hydrogen-bond donors (Lipinski definition) is 2. The number of carbonyl (C=O) groups excluding carboxylic acids is 1. The van der Waals surface area contributed by atoms with Crippen molar-refractivity contribution < 1.29 is 4.79 Å². The first-order valence-electron chi connectivity index (χ1n) is 6.50. The normalized spacial score (nSPS) is 25.7. The van der Waals surface area contributed by atoms with Crippen LogP contribution in [0.1, 0.15) is 25.6 Å². The average molecular weight is 280 g/mol. The number of rotatable bonds is 5. The zero-order chi connectivity index (χ0) is 14.0. The molecule has 1 fully saturated rings. The van der Waals surface area contributed by atoms with Crippen molar-refractivity contribution in [2.75, 3.05) is 6.54 Å². The summed E-state index contributed by atoms with van der Waals surface area (Å²) in [6.45, 7) is 2.67. The van der Waals surface area contributed by atoms with Gasteiger partial charge in [0, 0.05) is 32.4 Å². The molecule has 6 heteroatoms. The molecule has 0 radical (unpaired) electrons. The second-order valence-corrected chi connectivity index (χ2v) is 5.86. The first-order valence-corrected chi connectivity index (χ1v) is 6.91. The summed E-state index contributed by atoms with van der Waals surface area (Å²) in [6, 6.07) is 0. The Hall–Kier alpha value is -1.43. The lowest BCUT2D eigenvalue weighted by Crippen LogP contribution is -2.56. The van der Waals surface area contributed by atoms with Crippen LogP contribution in [0.3, 0.4) is 0 Å². The Kier molecular flexibility index (Phi) is 3.89. The molecule has 1 amide bonds. The van der Waals surface area contributed by atoms with Gasteiger partial charge in [-0.2, -0.15) is 0 Å². The number of aromatic nitrogens is 2. The number of imidazole rings is 1. The summed E-state index contributed by atoms with van der Waals surface area (Å²) in [4.78, 5) is 16.8. The molecule has 0 aliphatic heterocycles. The summed E-state index contributed by atoms with van der Waals surface area (Å²) in [6.07, 6.45) is 5.87. The topological polar surface area (TPSA) is 72.9 Å². The van der Waals surface area contributed by atoms with Gasteiger partial charge in [-0.25, -0.2) is 4.98 Å². The Balaban J connectivity index is 1.87. The average Bonchev–Trinajstić information content (AvgIpc) is 2.70. The molecule has 1 aromatic heterocycles. The molecule has 0 spiro atoms. The minimum absolute atomic E-state index is 0.0349. The zero-order valence-electron chi connectivity index (χ0n) is 11.3. The number of hydrogen-bond acceptors (Lipinski definition) is 3. The van der Waals surface area contributed by atoms with E-state index in [2.05, 4.69) is 17.2 Å². The molecule has 1 aliphatic carbocycles. The summed E-state index contributed by atoms with van der Waals surface area (Å²) in [5, 5.41) is 2.93. The summed E-state index contributed by atoms with van der Waals surface area (Å²) in [5.41, 5.74) is 5.13. The highest BCUT2D eigenvalue weighted by Gasteiger charge is 2.50. The lowest BCUT2D eigenvalue weighted by Gasteiger charge is -2.44. The predicted molar refractivity (Wildman–Crippen MR) is 77.5 cm³/mol. The fraction of sp³-hybridized carbons (Fsp3) is 0.615. The Labute approximate surface area is 118 Å². The van der Waals surface area contributed by atoms with Crippen molar-refractivity contribution in [3.8, 4) is 0 Å². The van der Waals surface area contributed by atoms with Crippen molar-refractivity contribution in [1.82, 2.24) is 14.9 Å². The monoisotopic (exact) mass is 280 g/mol. The maximum atomic E-state index is 12.2. The summed E-state index contributed by atoms with van der Waals surface area (Å²) in [5.74, 6) is 1.43. The van der Waals surface area contributed by atoms with E-state index in [4.69, 9.17) is 18.0 Å². The van der Waals surface area contributed by atoms with Crippen molar-refractivity contribution in [2.24, 2.45) is 24.1 Å². The smallest absolute Gasteiger partial charge is 0.233 e. The molecule has 1 aromatic rings. The molecule has 1 heterocycles. The molecule has 5 nitrogen and oxygen atoms in total. The fourth-order valence-electron chi connectivity index (χ4n) is 2.72. The minimum atomic E-state index is -0.615. The van der Waals surface area contributed by atoms with Gasteiger partial charge < -0.3 is 15.6 Å². The van der Waals surface area contributed by atoms with Gasteiger partial charge in [-0.15, -0.1) is 0 Å². The Morgan fingerprint density at radius 3 is 2.84 bits per heavy atom. The summed E-state index contributed by atoms with van der Waals surface area (Å²) in [7, 11) is 1.94. The molecule has 2 rings (SSSR count). The third-order valence-corrected chi connectivity index (χ3v) is 4.25. The molecule has 104 valence electrons. The van der Waals surface area contributed by atoms with Gasteiger partial charge in [0.15, 0.2) is 0 Å². The summed E-state index contributed by atoms with van der Waals surface area (Å²) < 4.78 is 1.95. The van der Waals surface area contributed by atoms with Crippen molar-refractivity contribution in [2.45, 2.75) is 26.2 Å². The van der Waals surface area contributed by atoms with E-state index >= 15 is 0 Å². The maximum Gasteiger partial charge on any atom is 0.233 e. The van der Waals surface area contributed by atoms with Gasteiger partial charge in [0.05, 0.1) is 10.4 Å². The number of aryl methyl sites for hydroxylation is 1. The summed E-state index contributed by atoms with van der Waals surface area (Å²) >= 11 is 5.06. The van der Waals surface area contributed by atoms with Gasteiger partial charge in [0.1, 0.15) is 5.82 Å². The molecule has 3 N–H and O–H groups in total. The van der Waals surface area contributed by atoms with Gasteiger partial charge in [0.2, 0.25) is 5.91 Å². The molecular weight excluding hydrogens is 260 g/mol. The molecule has 0 atom stereocenters. The molecule has 19 heavy (non-hydrogen) atoms. The van der Waals surface area contributed by atoms with Crippen LogP contribution >= 0.6 is 12.2 Å². The van der Waals surface area contributed by atoms with Gasteiger partial charge in [0.25, 0.3) is 0 Å². The minimum Gasteiger partial charge on any atom is -0.392 e. The van der Waals surface area contributed by atoms with E-state index < -0.39 is 5.41 Å². The van der Waals surface area contributed by atoms with E-state index in [-0.39, 0.29) is 5.91 Å². The van der Waals surface area contributed by atoms with Crippen LogP contribution < -0.4 is 11.1 Å². The van der Waals surface area contributed by atoms with Crippen LogP contribution in [-0.2, 0) is 18.3 Å². The van der Waals surface area contributed by atoms with E-state index in [0.29, 0.717) is 23.9 Å². The zero-order valence-corrected chi connectivity index (χ0v) is 12.2. The second-order valence-electron chi connectivity index (χ2n) is 5.42. The Morgan fingerprint density at radius 2 is 2.37 bits per heavy atom. The lowest BCUT2D eigenvalue weighted by molar-refractivity contribution is -0.132. The van der Waals surface area contributed by atoms with Gasteiger partial charge >= 0.3 is 0 Å². The van der Waals surface area contributed by atoms with Crippen LogP contribution in [-0.4, -0.2) is 27.0 Å². The molecule has 1 saturated carbocycles. The number of amides is 1. The SMILES string of the molecule is CC1CC(C(=O)NCCc2nccn2C)(C(N)=S)C1. The molecule has 0 saturated heterocycles. The number of nitrogens with two attached hydrogens (primary N) is 1. The molecule has 0 aromatic carbocycles. The van der Waals surface area contributed by atoms with Crippen LogP contribution in [0.4, 0.5) is 0 Å². The first kappa shape index (κ1) is 14.0. The van der Waals surface area contributed by atoms with Gasteiger partial charge in [-0.1, -0.05) is 19.1 Å². The van der Waals surface area contributed by atoms with Crippen molar-refractivity contribution >= 4 is 23.1 Å². The van der Waals surface area contributed by atoms with Crippen LogP contribution in [0.15, 0.2) is 12.4 Å². The number of nitrogens with zero attached hydrogens (tertiary/aromatic N) is 2. The number of carbonyl (C=O) groups is 1. The van der Waals surface area contributed by atoms with Crippen LogP contribution in [0, 0.1) is 11.3 Å². The predicted octanol–water partition coefficient (Wildman–Crippen LogP) is 0.781. The van der Waals surface area contributed by atoms with Crippen molar-refractivity contribution in [3.05, 3.63) is 18.2 Å². The first-order chi connectivity index (χ1) is 8.95. The van der Waals surface area contributed by atoms with Crippen molar-refractivity contribution in [3.63, 3.8) is 0 Å². The van der Waals surface area contributed by atoms with E-state index in [1.807, 2.05) is 17.8 Å². The fourth-order valence-corrected chi connectivity index (χ4v) is 2.98. The Morgan fingerprint density at radius 1 is 1.68 bits per heavy atom. The Bertz CT molecular complexity index is 491. The number of nitrogens with one attached hydrogen (secondary N) is 1. The largest absolute Gasteiger partial charge is 0.392 e. The van der Waals surface area contributed by atoms with Gasteiger partial charge in [-0.05, 0) is 18.8 Å². The molecule has 0 unspecified atom stereocenters.